The minimum atomic E-state index is -1.17. The van der Waals surface area contributed by atoms with Crippen molar-refractivity contribution in [2.75, 3.05) is 0 Å². The molecule has 2 rings (SSSR count). The first kappa shape index (κ1) is 13.4. The van der Waals surface area contributed by atoms with Crippen molar-refractivity contribution in [2.45, 2.75) is 17.6 Å². The number of hydrogen-bond donors (Lipinski definition) is 1. The fourth-order valence-electron chi connectivity index (χ4n) is 1.61. The van der Waals surface area contributed by atoms with Crippen LogP contribution in [-0.4, -0.2) is 20.3 Å². The summed E-state index contributed by atoms with van der Waals surface area (Å²) in [5, 5.41) is 8.77. The average Bonchev–Trinajstić information content (AvgIpc) is 2.39. The summed E-state index contributed by atoms with van der Waals surface area (Å²) in [6.07, 6.45) is 1.28. The molecule has 1 atom stereocenters. The number of nitrogens with zero attached hydrogens (tertiary/aromatic N) is 1. The number of rotatable bonds is 4. The van der Waals surface area contributed by atoms with E-state index < -0.39 is 16.8 Å². The zero-order valence-corrected chi connectivity index (χ0v) is 11.2. The summed E-state index contributed by atoms with van der Waals surface area (Å²) >= 11 is 0. The Morgan fingerprint density at radius 1 is 1.32 bits per heavy atom. The smallest absolute Gasteiger partial charge is 0.337 e. The van der Waals surface area contributed by atoms with Gasteiger partial charge in [-0.25, -0.2) is 4.79 Å². The van der Waals surface area contributed by atoms with E-state index in [1.165, 1.54) is 12.3 Å². The van der Waals surface area contributed by atoms with Gasteiger partial charge in [-0.3, -0.25) is 9.19 Å². The van der Waals surface area contributed by atoms with Gasteiger partial charge in [0.2, 0.25) is 0 Å². The van der Waals surface area contributed by atoms with Gasteiger partial charge in [0.05, 0.1) is 27.8 Å². The molecule has 1 aromatic heterocycles. The van der Waals surface area contributed by atoms with Crippen LogP contribution in [0.5, 0.6) is 0 Å². The number of aryl methyl sites for hydroxylation is 1. The highest BCUT2D eigenvalue weighted by atomic mass is 32.2. The summed E-state index contributed by atoms with van der Waals surface area (Å²) < 4.78 is 12.1. The largest absolute Gasteiger partial charge is 0.478 e. The van der Waals surface area contributed by atoms with Crippen LogP contribution in [0, 0.1) is 6.92 Å². The number of pyridine rings is 1. The molecule has 1 aromatic carbocycles. The highest BCUT2D eigenvalue weighted by Crippen LogP contribution is 2.13. The first-order valence-corrected chi connectivity index (χ1v) is 7.01. The third-order valence-electron chi connectivity index (χ3n) is 2.60. The normalized spacial score (nSPS) is 12.1. The molecule has 0 amide bonds. The van der Waals surface area contributed by atoms with Crippen molar-refractivity contribution in [3.8, 4) is 0 Å². The van der Waals surface area contributed by atoms with Gasteiger partial charge in [-0.2, -0.15) is 0 Å². The van der Waals surface area contributed by atoms with Crippen LogP contribution in [0.2, 0.25) is 0 Å². The Balaban J connectivity index is 2.13. The predicted molar refractivity (Wildman–Crippen MR) is 72.5 cm³/mol. The van der Waals surface area contributed by atoms with Crippen LogP contribution in [0.1, 0.15) is 21.6 Å². The summed E-state index contributed by atoms with van der Waals surface area (Å²) in [4.78, 5) is 15.5. The van der Waals surface area contributed by atoms with Gasteiger partial charge in [-0.05, 0) is 36.8 Å². The van der Waals surface area contributed by atoms with Crippen molar-refractivity contribution in [2.24, 2.45) is 0 Å². The molecule has 0 aliphatic rings. The molecule has 0 aliphatic heterocycles. The zero-order chi connectivity index (χ0) is 13.8. The number of hydrogen-bond acceptors (Lipinski definition) is 3. The molecule has 19 heavy (non-hydrogen) atoms. The summed E-state index contributed by atoms with van der Waals surface area (Å²) in [5.41, 5.74) is 1.80. The van der Waals surface area contributed by atoms with E-state index in [1.54, 1.807) is 6.07 Å². The van der Waals surface area contributed by atoms with Crippen LogP contribution in [0.25, 0.3) is 0 Å². The molecule has 1 unspecified atom stereocenters. The van der Waals surface area contributed by atoms with Crippen molar-refractivity contribution in [3.05, 3.63) is 59.4 Å². The monoisotopic (exact) mass is 275 g/mol. The van der Waals surface area contributed by atoms with Crippen LogP contribution in [-0.2, 0) is 16.6 Å². The molecule has 0 fully saturated rings. The van der Waals surface area contributed by atoms with Crippen LogP contribution in [0.4, 0.5) is 0 Å². The molecule has 98 valence electrons. The molecule has 0 saturated carbocycles. The fourth-order valence-corrected chi connectivity index (χ4v) is 2.76. The van der Waals surface area contributed by atoms with E-state index in [0.29, 0.717) is 5.69 Å². The van der Waals surface area contributed by atoms with Gasteiger partial charge in [0.15, 0.2) is 0 Å². The number of carboxylic acids is 1. The number of aromatic carboxylic acids is 1. The molecule has 1 heterocycles. The van der Waals surface area contributed by atoms with Crippen molar-refractivity contribution in [1.82, 2.24) is 4.98 Å². The van der Waals surface area contributed by atoms with Gasteiger partial charge in [0.1, 0.15) is 0 Å². The highest BCUT2D eigenvalue weighted by Gasteiger charge is 2.08. The van der Waals surface area contributed by atoms with Gasteiger partial charge < -0.3 is 5.11 Å². The molecule has 0 bridgehead atoms. The van der Waals surface area contributed by atoms with Crippen molar-refractivity contribution < 1.29 is 14.1 Å². The average molecular weight is 275 g/mol. The molecule has 0 spiro atoms. The van der Waals surface area contributed by atoms with Gasteiger partial charge in [0, 0.05) is 11.1 Å². The van der Waals surface area contributed by atoms with E-state index in [-0.39, 0.29) is 11.3 Å². The van der Waals surface area contributed by atoms with Crippen molar-refractivity contribution >= 4 is 16.8 Å². The lowest BCUT2D eigenvalue weighted by Gasteiger charge is -2.03. The maximum absolute atomic E-state index is 12.1. The van der Waals surface area contributed by atoms with Gasteiger partial charge in [0.25, 0.3) is 0 Å². The lowest BCUT2D eigenvalue weighted by atomic mass is 10.2. The number of carboxylic acid groups (broad SMARTS) is 1. The Bertz CT molecular complexity index is 623. The standard InChI is InChI=1S/C14H13NO3S/c1-10-3-2-4-13(7-10)19(18)9-12-6-5-11(8-15-12)14(16)17/h2-8H,9H2,1H3,(H,16,17). The molecule has 2 aromatic rings. The quantitative estimate of drug-likeness (QED) is 0.930. The summed E-state index contributed by atoms with van der Waals surface area (Å²) in [6.45, 7) is 1.95. The molecule has 1 N–H and O–H groups in total. The maximum atomic E-state index is 12.1. The Hall–Kier alpha value is -2.01. The molecule has 0 aliphatic carbocycles. The lowest BCUT2D eigenvalue weighted by molar-refractivity contribution is 0.0696. The van der Waals surface area contributed by atoms with Gasteiger partial charge in [-0.1, -0.05) is 12.1 Å². The SMILES string of the molecule is Cc1cccc(S(=O)Cc2ccc(C(=O)O)cn2)c1. The number of benzene rings is 1. The Kier molecular flexibility index (Phi) is 4.06. The molecule has 0 radical (unpaired) electrons. The molecular formula is C14H13NO3S. The summed E-state index contributed by atoms with van der Waals surface area (Å²) in [6, 6.07) is 10.6. The topological polar surface area (TPSA) is 67.3 Å². The minimum absolute atomic E-state index is 0.130. The Morgan fingerprint density at radius 2 is 2.11 bits per heavy atom. The van der Waals surface area contributed by atoms with Crippen LogP contribution in [0.3, 0.4) is 0 Å². The summed E-state index contributed by atoms with van der Waals surface area (Å²) in [7, 11) is -1.17. The summed E-state index contributed by atoms with van der Waals surface area (Å²) in [5.74, 6) is -0.734. The zero-order valence-electron chi connectivity index (χ0n) is 10.4. The number of aromatic nitrogens is 1. The molecular weight excluding hydrogens is 262 g/mol. The molecule has 4 nitrogen and oxygen atoms in total. The van der Waals surface area contributed by atoms with E-state index in [0.717, 1.165) is 10.5 Å². The van der Waals surface area contributed by atoms with E-state index >= 15 is 0 Å². The van der Waals surface area contributed by atoms with E-state index in [1.807, 2.05) is 31.2 Å². The predicted octanol–water partition coefficient (Wildman–Crippen LogP) is 2.40. The van der Waals surface area contributed by atoms with Crippen molar-refractivity contribution in [3.63, 3.8) is 0 Å². The third-order valence-corrected chi connectivity index (χ3v) is 3.94. The van der Waals surface area contributed by atoms with E-state index in [2.05, 4.69) is 4.98 Å². The fraction of sp³-hybridized carbons (Fsp3) is 0.143. The lowest BCUT2D eigenvalue weighted by Crippen LogP contribution is -2.02. The second kappa shape index (κ2) is 5.75. The van der Waals surface area contributed by atoms with E-state index in [4.69, 9.17) is 5.11 Å². The molecule has 5 heteroatoms. The maximum Gasteiger partial charge on any atom is 0.337 e. The highest BCUT2D eigenvalue weighted by molar-refractivity contribution is 7.84. The first-order chi connectivity index (χ1) is 9.06. The van der Waals surface area contributed by atoms with E-state index in [9.17, 15) is 9.00 Å². The Morgan fingerprint density at radius 3 is 2.68 bits per heavy atom. The van der Waals surface area contributed by atoms with Crippen LogP contribution < -0.4 is 0 Å². The Labute approximate surface area is 113 Å². The van der Waals surface area contributed by atoms with Gasteiger partial charge >= 0.3 is 5.97 Å². The van der Waals surface area contributed by atoms with Crippen molar-refractivity contribution in [1.29, 1.82) is 0 Å². The minimum Gasteiger partial charge on any atom is -0.478 e. The van der Waals surface area contributed by atoms with Crippen LogP contribution in [0.15, 0.2) is 47.5 Å². The third kappa shape index (κ3) is 3.48. The first-order valence-electron chi connectivity index (χ1n) is 5.69. The van der Waals surface area contributed by atoms with Gasteiger partial charge in [-0.15, -0.1) is 0 Å². The number of carbonyl (C=O) groups is 1. The van der Waals surface area contributed by atoms with Crippen LogP contribution >= 0.6 is 0 Å². The second-order valence-corrected chi connectivity index (χ2v) is 5.60. The molecule has 0 saturated heterocycles. The second-order valence-electron chi connectivity index (χ2n) is 4.15.